The standard InChI is InChI=1S/C15H23N3O.2ClH/c1-12-11-13-5-2-3-6-14(13)18(12)10-9-17-15(19)7-4-8-16;;/h2-3,5-6,12H,4,7-11,16H2,1H3,(H,17,19);2*1H. The van der Waals surface area contributed by atoms with Crippen molar-refractivity contribution >= 4 is 36.4 Å². The van der Waals surface area contributed by atoms with Crippen LogP contribution in [-0.2, 0) is 11.2 Å². The van der Waals surface area contributed by atoms with Crippen LogP contribution in [0, 0.1) is 0 Å². The van der Waals surface area contributed by atoms with Gasteiger partial charge in [0, 0.05) is 31.2 Å². The Labute approximate surface area is 139 Å². The first kappa shape index (κ1) is 20.0. The fourth-order valence-corrected chi connectivity index (χ4v) is 2.64. The molecule has 0 aliphatic carbocycles. The number of para-hydroxylation sites is 1. The van der Waals surface area contributed by atoms with Crippen LogP contribution in [-0.4, -0.2) is 31.6 Å². The molecule has 1 atom stereocenters. The van der Waals surface area contributed by atoms with Gasteiger partial charge in [0.25, 0.3) is 0 Å². The lowest BCUT2D eigenvalue weighted by Gasteiger charge is -2.25. The number of amides is 1. The highest BCUT2D eigenvalue weighted by Gasteiger charge is 2.24. The van der Waals surface area contributed by atoms with Gasteiger partial charge in [0.1, 0.15) is 0 Å². The van der Waals surface area contributed by atoms with Gasteiger partial charge >= 0.3 is 0 Å². The van der Waals surface area contributed by atoms with Gasteiger partial charge < -0.3 is 16.0 Å². The van der Waals surface area contributed by atoms with Gasteiger partial charge in [0.2, 0.25) is 5.91 Å². The van der Waals surface area contributed by atoms with Crippen molar-refractivity contribution in [2.24, 2.45) is 5.73 Å². The number of hydrogen-bond acceptors (Lipinski definition) is 3. The van der Waals surface area contributed by atoms with E-state index in [4.69, 9.17) is 5.73 Å². The van der Waals surface area contributed by atoms with Crippen molar-refractivity contribution in [3.63, 3.8) is 0 Å². The van der Waals surface area contributed by atoms with E-state index in [0.29, 0.717) is 25.6 Å². The Morgan fingerprint density at radius 3 is 2.81 bits per heavy atom. The van der Waals surface area contributed by atoms with Crippen LogP contribution < -0.4 is 16.0 Å². The maximum atomic E-state index is 11.5. The number of anilines is 1. The third-order valence-corrected chi connectivity index (χ3v) is 3.63. The van der Waals surface area contributed by atoms with E-state index < -0.39 is 0 Å². The zero-order valence-electron chi connectivity index (χ0n) is 12.4. The minimum atomic E-state index is 0. The summed E-state index contributed by atoms with van der Waals surface area (Å²) < 4.78 is 0. The molecule has 6 heteroatoms. The average Bonchev–Trinajstić information content (AvgIpc) is 2.73. The molecule has 120 valence electrons. The molecule has 4 nitrogen and oxygen atoms in total. The number of hydrogen-bond donors (Lipinski definition) is 2. The highest BCUT2D eigenvalue weighted by molar-refractivity contribution is 5.85. The Bertz CT molecular complexity index is 443. The van der Waals surface area contributed by atoms with Crippen LogP contribution in [0.15, 0.2) is 24.3 Å². The Morgan fingerprint density at radius 2 is 2.10 bits per heavy atom. The first-order valence-corrected chi connectivity index (χ1v) is 7.03. The van der Waals surface area contributed by atoms with Gasteiger partial charge in [-0.3, -0.25) is 4.79 Å². The Morgan fingerprint density at radius 1 is 1.38 bits per heavy atom. The SMILES string of the molecule is CC1Cc2ccccc2N1CCNC(=O)CCCN.Cl.Cl. The van der Waals surface area contributed by atoms with Gasteiger partial charge in [0.05, 0.1) is 0 Å². The Kier molecular flexibility index (Phi) is 9.42. The molecule has 2 rings (SSSR count). The predicted octanol–water partition coefficient (Wildman–Crippen LogP) is 2.14. The number of benzene rings is 1. The summed E-state index contributed by atoms with van der Waals surface area (Å²) in [6.07, 6.45) is 2.38. The van der Waals surface area contributed by atoms with Crippen molar-refractivity contribution in [1.29, 1.82) is 0 Å². The van der Waals surface area contributed by atoms with E-state index in [-0.39, 0.29) is 30.7 Å². The van der Waals surface area contributed by atoms with E-state index in [1.807, 2.05) is 0 Å². The number of nitrogens with zero attached hydrogens (tertiary/aromatic N) is 1. The Balaban J connectivity index is 0.00000200. The third kappa shape index (κ3) is 5.38. The van der Waals surface area contributed by atoms with Gasteiger partial charge in [-0.25, -0.2) is 0 Å². The van der Waals surface area contributed by atoms with E-state index in [2.05, 4.69) is 41.4 Å². The maximum Gasteiger partial charge on any atom is 0.220 e. The summed E-state index contributed by atoms with van der Waals surface area (Å²) in [6, 6.07) is 9.02. The van der Waals surface area contributed by atoms with E-state index in [1.54, 1.807) is 0 Å². The average molecular weight is 334 g/mol. The van der Waals surface area contributed by atoms with E-state index >= 15 is 0 Å². The number of carbonyl (C=O) groups excluding carboxylic acids is 1. The number of fused-ring (bicyclic) bond motifs is 1. The molecule has 0 bridgehead atoms. The molecule has 21 heavy (non-hydrogen) atoms. The fourth-order valence-electron chi connectivity index (χ4n) is 2.64. The molecular weight excluding hydrogens is 309 g/mol. The summed E-state index contributed by atoms with van der Waals surface area (Å²) in [5.74, 6) is 0.102. The van der Waals surface area contributed by atoms with Crippen LogP contribution in [0.25, 0.3) is 0 Å². The number of carbonyl (C=O) groups is 1. The first-order valence-electron chi connectivity index (χ1n) is 7.03. The lowest BCUT2D eigenvalue weighted by atomic mass is 10.1. The number of nitrogens with one attached hydrogen (secondary N) is 1. The topological polar surface area (TPSA) is 58.4 Å². The third-order valence-electron chi connectivity index (χ3n) is 3.63. The summed E-state index contributed by atoms with van der Waals surface area (Å²) in [4.78, 5) is 13.9. The van der Waals surface area contributed by atoms with Gasteiger partial charge in [-0.1, -0.05) is 18.2 Å². The molecule has 0 saturated carbocycles. The maximum absolute atomic E-state index is 11.5. The Hall–Kier alpha value is -0.970. The number of halogens is 2. The van der Waals surface area contributed by atoms with Crippen molar-refractivity contribution in [3.05, 3.63) is 29.8 Å². The second-order valence-electron chi connectivity index (χ2n) is 5.12. The lowest BCUT2D eigenvalue weighted by Crippen LogP contribution is -2.37. The molecule has 1 unspecified atom stereocenters. The van der Waals surface area contributed by atoms with E-state index in [0.717, 1.165) is 19.4 Å². The molecule has 1 heterocycles. The molecule has 1 aromatic rings. The van der Waals surface area contributed by atoms with E-state index in [1.165, 1.54) is 11.3 Å². The normalized spacial score (nSPS) is 15.7. The molecule has 0 saturated heterocycles. The van der Waals surface area contributed by atoms with Crippen molar-refractivity contribution in [2.45, 2.75) is 32.2 Å². The fraction of sp³-hybridized carbons (Fsp3) is 0.533. The first-order chi connectivity index (χ1) is 9.22. The number of nitrogens with two attached hydrogens (primary N) is 1. The summed E-state index contributed by atoms with van der Waals surface area (Å²) >= 11 is 0. The largest absolute Gasteiger partial charge is 0.367 e. The zero-order chi connectivity index (χ0) is 13.7. The van der Waals surface area contributed by atoms with Crippen LogP contribution in [0.2, 0.25) is 0 Å². The van der Waals surface area contributed by atoms with Crippen LogP contribution >= 0.6 is 24.8 Å². The van der Waals surface area contributed by atoms with Crippen LogP contribution in [0.5, 0.6) is 0 Å². The summed E-state index contributed by atoms with van der Waals surface area (Å²) in [5, 5.41) is 2.96. The summed E-state index contributed by atoms with van der Waals surface area (Å²) in [6.45, 7) is 4.37. The highest BCUT2D eigenvalue weighted by Crippen LogP contribution is 2.30. The summed E-state index contributed by atoms with van der Waals surface area (Å²) in [7, 11) is 0. The van der Waals surface area contributed by atoms with Crippen molar-refractivity contribution in [1.82, 2.24) is 5.32 Å². The lowest BCUT2D eigenvalue weighted by molar-refractivity contribution is -0.121. The van der Waals surface area contributed by atoms with Gasteiger partial charge in [-0.05, 0) is 37.9 Å². The van der Waals surface area contributed by atoms with Crippen LogP contribution in [0.4, 0.5) is 5.69 Å². The molecule has 1 aromatic carbocycles. The van der Waals surface area contributed by atoms with Gasteiger partial charge in [-0.15, -0.1) is 24.8 Å². The van der Waals surface area contributed by atoms with E-state index in [9.17, 15) is 4.79 Å². The molecule has 1 aliphatic heterocycles. The predicted molar refractivity (Wildman–Crippen MR) is 92.7 cm³/mol. The van der Waals surface area contributed by atoms with Gasteiger partial charge in [0.15, 0.2) is 0 Å². The van der Waals surface area contributed by atoms with Crippen molar-refractivity contribution < 1.29 is 4.79 Å². The molecule has 0 fully saturated rings. The second-order valence-corrected chi connectivity index (χ2v) is 5.12. The molecule has 3 N–H and O–H groups in total. The molecule has 0 aromatic heterocycles. The monoisotopic (exact) mass is 333 g/mol. The minimum absolute atomic E-state index is 0. The highest BCUT2D eigenvalue weighted by atomic mass is 35.5. The molecule has 1 aliphatic rings. The second kappa shape index (κ2) is 9.87. The van der Waals surface area contributed by atoms with Crippen molar-refractivity contribution in [3.8, 4) is 0 Å². The smallest absolute Gasteiger partial charge is 0.220 e. The quantitative estimate of drug-likeness (QED) is 0.838. The molecule has 0 radical (unpaired) electrons. The van der Waals surface area contributed by atoms with Crippen LogP contribution in [0.1, 0.15) is 25.3 Å². The molecule has 1 amide bonds. The molecule has 0 spiro atoms. The van der Waals surface area contributed by atoms with Gasteiger partial charge in [-0.2, -0.15) is 0 Å². The van der Waals surface area contributed by atoms with Crippen LogP contribution in [0.3, 0.4) is 0 Å². The molecular formula is C15H25Cl2N3O. The van der Waals surface area contributed by atoms with Crippen molar-refractivity contribution in [2.75, 3.05) is 24.5 Å². The summed E-state index contributed by atoms with van der Waals surface area (Å²) in [5.41, 5.74) is 8.11. The zero-order valence-corrected chi connectivity index (χ0v) is 14.0. The number of rotatable bonds is 6. The minimum Gasteiger partial charge on any atom is -0.367 e.